The summed E-state index contributed by atoms with van der Waals surface area (Å²) in [6.45, 7) is 2.84. The molecule has 0 aromatic carbocycles. The van der Waals surface area contributed by atoms with Gasteiger partial charge in [-0.3, -0.25) is 9.59 Å². The molecule has 2 saturated carbocycles. The molecule has 0 N–H and O–H groups in total. The van der Waals surface area contributed by atoms with Crippen LogP contribution in [-0.4, -0.2) is 51.9 Å². The fourth-order valence-electron chi connectivity index (χ4n) is 5.34. The van der Waals surface area contributed by atoms with E-state index in [1.807, 2.05) is 11.8 Å². The van der Waals surface area contributed by atoms with Crippen LogP contribution in [0.3, 0.4) is 0 Å². The van der Waals surface area contributed by atoms with Crippen molar-refractivity contribution in [2.24, 2.45) is 17.8 Å². The molecule has 3 unspecified atom stereocenters. The molecule has 5 aliphatic rings. The van der Waals surface area contributed by atoms with Crippen molar-refractivity contribution >= 4 is 23.6 Å². The molecule has 3 aliphatic heterocycles. The van der Waals surface area contributed by atoms with E-state index in [9.17, 15) is 9.59 Å². The monoisotopic (exact) mass is 322 g/mol. The summed E-state index contributed by atoms with van der Waals surface area (Å²) in [6, 6.07) is 0.251. The van der Waals surface area contributed by atoms with Gasteiger partial charge < -0.3 is 9.80 Å². The second-order valence-corrected chi connectivity index (χ2v) is 8.65. The molecule has 4 nitrogen and oxygen atoms in total. The van der Waals surface area contributed by atoms with E-state index in [1.54, 1.807) is 11.8 Å². The van der Waals surface area contributed by atoms with E-state index >= 15 is 0 Å². The average Bonchev–Trinajstić information content (AvgIpc) is 2.91. The number of nitrogens with zero attached hydrogens (tertiary/aromatic N) is 2. The van der Waals surface area contributed by atoms with Gasteiger partial charge in [-0.1, -0.05) is 6.92 Å². The Morgan fingerprint density at radius 2 is 1.68 bits per heavy atom. The molecule has 2 amide bonds. The van der Waals surface area contributed by atoms with Crippen molar-refractivity contribution < 1.29 is 9.59 Å². The predicted octanol–water partition coefficient (Wildman–Crippen LogP) is 2.33. The Morgan fingerprint density at radius 3 is 2.36 bits per heavy atom. The summed E-state index contributed by atoms with van der Waals surface area (Å²) in [5.41, 5.74) is 0. The number of hydrogen-bond donors (Lipinski definition) is 0. The molecule has 3 heterocycles. The van der Waals surface area contributed by atoms with Gasteiger partial charge in [-0.2, -0.15) is 0 Å². The van der Waals surface area contributed by atoms with Gasteiger partial charge in [0.1, 0.15) is 6.04 Å². The molecular formula is C17H26N2O2S. The summed E-state index contributed by atoms with van der Waals surface area (Å²) in [6.07, 6.45) is 6.97. The number of carbonyl (C=O) groups excluding carboxylic acids is 2. The maximum absolute atomic E-state index is 13.2. The molecular weight excluding hydrogens is 296 g/mol. The minimum atomic E-state index is -0.201. The smallest absolute Gasteiger partial charge is 0.246 e. The lowest BCUT2D eigenvalue weighted by molar-refractivity contribution is -0.145. The van der Waals surface area contributed by atoms with E-state index in [1.165, 1.54) is 32.1 Å². The molecule has 5 heteroatoms. The highest BCUT2D eigenvalue weighted by atomic mass is 32.2. The third-order valence-corrected chi connectivity index (χ3v) is 7.19. The number of fused-ring (bicyclic) bond motifs is 1. The van der Waals surface area contributed by atoms with E-state index in [0.29, 0.717) is 24.3 Å². The van der Waals surface area contributed by atoms with Crippen LogP contribution in [0, 0.1) is 17.8 Å². The van der Waals surface area contributed by atoms with E-state index in [2.05, 4.69) is 4.90 Å². The Kier molecular flexibility index (Phi) is 3.87. The van der Waals surface area contributed by atoms with Crippen LogP contribution in [0.4, 0.5) is 0 Å². The van der Waals surface area contributed by atoms with Crippen molar-refractivity contribution in [1.82, 2.24) is 9.80 Å². The Balaban J connectivity index is 1.53. The SMILES string of the molecule is CCC(=O)N1CSCC1C(=O)N1CC2CC3CC(C2)CC1C3. The zero-order valence-electron chi connectivity index (χ0n) is 13.4. The van der Waals surface area contributed by atoms with Crippen molar-refractivity contribution in [3.63, 3.8) is 0 Å². The number of thioether (sulfide) groups is 1. The molecule has 22 heavy (non-hydrogen) atoms. The van der Waals surface area contributed by atoms with Crippen LogP contribution in [0.5, 0.6) is 0 Å². The molecule has 0 aromatic heterocycles. The third-order valence-electron chi connectivity index (χ3n) is 6.18. The highest BCUT2D eigenvalue weighted by Gasteiger charge is 2.46. The van der Waals surface area contributed by atoms with Crippen LogP contribution in [0.15, 0.2) is 0 Å². The average molecular weight is 322 g/mol. The minimum Gasteiger partial charge on any atom is -0.338 e. The molecule has 0 spiro atoms. The van der Waals surface area contributed by atoms with Gasteiger partial charge >= 0.3 is 0 Å². The van der Waals surface area contributed by atoms with Crippen LogP contribution in [-0.2, 0) is 9.59 Å². The fraction of sp³-hybridized carbons (Fsp3) is 0.882. The van der Waals surface area contributed by atoms with Gasteiger partial charge in [0.2, 0.25) is 11.8 Å². The Morgan fingerprint density at radius 1 is 1.00 bits per heavy atom. The molecule has 0 radical (unpaired) electrons. The Labute approximate surface area is 137 Å². The number of hydrogen-bond acceptors (Lipinski definition) is 3. The normalized spacial score (nSPS) is 40.1. The zero-order valence-corrected chi connectivity index (χ0v) is 14.2. The summed E-state index contributed by atoms with van der Waals surface area (Å²) in [4.78, 5) is 29.3. The molecule has 122 valence electrons. The van der Waals surface area contributed by atoms with Crippen molar-refractivity contribution in [3.8, 4) is 0 Å². The van der Waals surface area contributed by atoms with E-state index in [-0.39, 0.29) is 17.9 Å². The fourth-order valence-corrected chi connectivity index (χ4v) is 6.51. The third kappa shape index (κ3) is 2.45. The summed E-state index contributed by atoms with van der Waals surface area (Å²) in [5.74, 6) is 4.26. The van der Waals surface area contributed by atoms with Gasteiger partial charge in [-0.05, 0) is 49.9 Å². The number of amides is 2. The summed E-state index contributed by atoms with van der Waals surface area (Å²) in [5, 5.41) is 0. The van der Waals surface area contributed by atoms with Gasteiger partial charge in [0.05, 0.1) is 5.88 Å². The van der Waals surface area contributed by atoms with Gasteiger partial charge in [0.25, 0.3) is 0 Å². The van der Waals surface area contributed by atoms with Gasteiger partial charge in [0, 0.05) is 24.8 Å². The lowest BCUT2D eigenvalue weighted by atomic mass is 9.68. The predicted molar refractivity (Wildman–Crippen MR) is 87.3 cm³/mol. The first-order valence-electron chi connectivity index (χ1n) is 8.83. The topological polar surface area (TPSA) is 40.6 Å². The largest absolute Gasteiger partial charge is 0.338 e. The van der Waals surface area contributed by atoms with E-state index in [0.717, 1.165) is 24.1 Å². The first kappa shape index (κ1) is 14.9. The molecule has 4 bridgehead atoms. The van der Waals surface area contributed by atoms with Crippen LogP contribution in [0.2, 0.25) is 0 Å². The first-order valence-corrected chi connectivity index (χ1v) is 9.98. The molecule has 3 saturated heterocycles. The summed E-state index contributed by atoms with van der Waals surface area (Å²) < 4.78 is 0. The molecule has 0 aromatic rings. The molecule has 5 rings (SSSR count). The lowest BCUT2D eigenvalue weighted by Gasteiger charge is -2.39. The quantitative estimate of drug-likeness (QED) is 0.783. The van der Waals surface area contributed by atoms with Gasteiger partial charge in [-0.25, -0.2) is 0 Å². The summed E-state index contributed by atoms with van der Waals surface area (Å²) >= 11 is 1.72. The van der Waals surface area contributed by atoms with Gasteiger partial charge in [0.15, 0.2) is 0 Å². The second-order valence-electron chi connectivity index (χ2n) is 7.65. The maximum Gasteiger partial charge on any atom is 0.246 e. The second kappa shape index (κ2) is 5.73. The highest BCUT2D eigenvalue weighted by molar-refractivity contribution is 7.99. The molecule has 3 atom stereocenters. The minimum absolute atomic E-state index is 0.129. The zero-order chi connectivity index (χ0) is 15.3. The van der Waals surface area contributed by atoms with Crippen molar-refractivity contribution in [3.05, 3.63) is 0 Å². The van der Waals surface area contributed by atoms with E-state index in [4.69, 9.17) is 0 Å². The molecule has 2 aliphatic carbocycles. The molecule has 5 fully saturated rings. The van der Waals surface area contributed by atoms with Gasteiger partial charge in [-0.15, -0.1) is 11.8 Å². The Bertz CT molecular complexity index is 469. The maximum atomic E-state index is 13.2. The number of rotatable bonds is 2. The van der Waals surface area contributed by atoms with Crippen LogP contribution in [0.1, 0.15) is 45.4 Å². The van der Waals surface area contributed by atoms with Crippen molar-refractivity contribution in [2.45, 2.75) is 57.5 Å². The van der Waals surface area contributed by atoms with E-state index < -0.39 is 0 Å². The van der Waals surface area contributed by atoms with Crippen molar-refractivity contribution in [1.29, 1.82) is 0 Å². The van der Waals surface area contributed by atoms with Crippen LogP contribution >= 0.6 is 11.8 Å². The van der Waals surface area contributed by atoms with Crippen molar-refractivity contribution in [2.75, 3.05) is 18.2 Å². The summed E-state index contributed by atoms with van der Waals surface area (Å²) in [7, 11) is 0. The van der Waals surface area contributed by atoms with Crippen LogP contribution in [0.25, 0.3) is 0 Å². The number of carbonyl (C=O) groups is 2. The van der Waals surface area contributed by atoms with Crippen LogP contribution < -0.4 is 0 Å². The first-order chi connectivity index (χ1) is 10.7. The standard InChI is InChI=1S/C17H26N2O2S/c1-2-16(20)19-10-22-9-15(19)17(21)18-8-13-4-11-3-12(5-13)7-14(18)6-11/h11-15H,2-10H2,1H3. The highest BCUT2D eigenvalue weighted by Crippen LogP contribution is 2.47. The Hall–Kier alpha value is -0.710. The lowest BCUT2D eigenvalue weighted by Crippen LogP contribution is -2.52.